The lowest BCUT2D eigenvalue weighted by Gasteiger charge is -2.16. The molecule has 0 radical (unpaired) electrons. The number of nitrogens with one attached hydrogen (secondary N) is 1. The molecule has 0 bridgehead atoms. The summed E-state index contributed by atoms with van der Waals surface area (Å²) in [5, 5.41) is 2.90. The lowest BCUT2D eigenvalue weighted by molar-refractivity contribution is -0.121. The van der Waals surface area contributed by atoms with Gasteiger partial charge in [-0.1, -0.05) is 48.5 Å². The van der Waals surface area contributed by atoms with Crippen molar-refractivity contribution in [2.45, 2.75) is 25.8 Å². The number of rotatable bonds is 9. The zero-order chi connectivity index (χ0) is 17.2. The number of aryl methyl sites for hydroxylation is 1. The quantitative estimate of drug-likeness (QED) is 0.716. The summed E-state index contributed by atoms with van der Waals surface area (Å²) in [6.45, 7) is 2.47. The van der Waals surface area contributed by atoms with Gasteiger partial charge >= 0.3 is 0 Å². The average molecular weight is 328 g/mol. The van der Waals surface area contributed by atoms with Crippen molar-refractivity contribution >= 4 is 5.91 Å². The molecule has 1 amide bonds. The summed E-state index contributed by atoms with van der Waals surface area (Å²) in [6, 6.07) is 16.9. The summed E-state index contributed by atoms with van der Waals surface area (Å²) in [6.07, 6.45) is 1.65. The Balaban J connectivity index is 1.58. The van der Waals surface area contributed by atoms with Crippen molar-refractivity contribution in [2.75, 3.05) is 20.1 Å². The van der Waals surface area contributed by atoms with Gasteiger partial charge in [0.15, 0.2) is 0 Å². The van der Waals surface area contributed by atoms with Crippen LogP contribution in [0.4, 0.5) is 4.39 Å². The van der Waals surface area contributed by atoms with E-state index in [1.54, 1.807) is 18.2 Å². The molecule has 0 spiro atoms. The standard InChI is InChI=1S/C20H25FN2O/c1-23(16-17-8-3-2-4-9-17)15-7-14-22-20(24)13-12-18-10-5-6-11-19(18)21/h2-6,8-11H,7,12-16H2,1H3,(H,22,24). The van der Waals surface area contributed by atoms with Gasteiger partial charge in [-0.25, -0.2) is 4.39 Å². The summed E-state index contributed by atoms with van der Waals surface area (Å²) in [4.78, 5) is 14.1. The molecule has 0 fully saturated rings. The van der Waals surface area contributed by atoms with E-state index < -0.39 is 0 Å². The molecule has 24 heavy (non-hydrogen) atoms. The molecule has 2 rings (SSSR count). The third kappa shape index (κ3) is 6.50. The molecule has 0 saturated carbocycles. The minimum Gasteiger partial charge on any atom is -0.356 e. The first kappa shape index (κ1) is 18.1. The Morgan fingerprint density at radius 1 is 1.08 bits per heavy atom. The topological polar surface area (TPSA) is 32.3 Å². The molecular weight excluding hydrogens is 303 g/mol. The Morgan fingerprint density at radius 3 is 2.54 bits per heavy atom. The van der Waals surface area contributed by atoms with Crippen molar-refractivity contribution in [3.63, 3.8) is 0 Å². The van der Waals surface area contributed by atoms with Crippen molar-refractivity contribution in [3.8, 4) is 0 Å². The number of benzene rings is 2. The predicted octanol–water partition coefficient (Wildman–Crippen LogP) is 3.40. The van der Waals surface area contributed by atoms with Crippen LogP contribution in [0.5, 0.6) is 0 Å². The molecular formula is C20H25FN2O. The molecule has 128 valence electrons. The number of amides is 1. The lowest BCUT2D eigenvalue weighted by Crippen LogP contribution is -2.28. The maximum atomic E-state index is 13.5. The second-order valence-electron chi connectivity index (χ2n) is 6.02. The fourth-order valence-corrected chi connectivity index (χ4v) is 2.59. The molecule has 0 aromatic heterocycles. The van der Waals surface area contributed by atoms with Crippen LogP contribution in [0.15, 0.2) is 54.6 Å². The third-order valence-corrected chi connectivity index (χ3v) is 3.91. The molecule has 2 aromatic carbocycles. The van der Waals surface area contributed by atoms with E-state index in [9.17, 15) is 9.18 Å². The van der Waals surface area contributed by atoms with Gasteiger partial charge in [0.25, 0.3) is 0 Å². The summed E-state index contributed by atoms with van der Waals surface area (Å²) in [7, 11) is 2.08. The van der Waals surface area contributed by atoms with Crippen molar-refractivity contribution in [1.29, 1.82) is 0 Å². The van der Waals surface area contributed by atoms with Gasteiger partial charge in [0.05, 0.1) is 0 Å². The van der Waals surface area contributed by atoms with Crippen LogP contribution in [0, 0.1) is 5.82 Å². The maximum absolute atomic E-state index is 13.5. The molecule has 0 aliphatic heterocycles. The van der Waals surface area contributed by atoms with Crippen molar-refractivity contribution < 1.29 is 9.18 Å². The van der Waals surface area contributed by atoms with Gasteiger partial charge in [0.2, 0.25) is 5.91 Å². The minimum atomic E-state index is -0.243. The molecule has 0 unspecified atom stereocenters. The summed E-state index contributed by atoms with van der Waals surface area (Å²) in [5.41, 5.74) is 1.88. The van der Waals surface area contributed by atoms with E-state index in [1.807, 2.05) is 18.2 Å². The maximum Gasteiger partial charge on any atom is 0.220 e. The molecule has 2 aromatic rings. The highest BCUT2D eigenvalue weighted by molar-refractivity contribution is 5.76. The van der Waals surface area contributed by atoms with E-state index in [4.69, 9.17) is 0 Å². The van der Waals surface area contributed by atoms with Gasteiger partial charge < -0.3 is 10.2 Å². The molecule has 0 aliphatic carbocycles. The first-order chi connectivity index (χ1) is 11.6. The molecule has 0 atom stereocenters. The van der Waals surface area contributed by atoms with Gasteiger partial charge in [-0.05, 0) is 43.6 Å². The fourth-order valence-electron chi connectivity index (χ4n) is 2.59. The van der Waals surface area contributed by atoms with Crippen LogP contribution >= 0.6 is 0 Å². The summed E-state index contributed by atoms with van der Waals surface area (Å²) in [5.74, 6) is -0.267. The molecule has 0 aliphatic rings. The van der Waals surface area contributed by atoms with E-state index in [0.29, 0.717) is 24.9 Å². The Kier molecular flexibility index (Phi) is 7.43. The number of hydrogen-bond donors (Lipinski definition) is 1. The van der Waals surface area contributed by atoms with Crippen molar-refractivity contribution in [2.24, 2.45) is 0 Å². The minimum absolute atomic E-state index is 0.0241. The van der Waals surface area contributed by atoms with Crippen LogP contribution in [0.25, 0.3) is 0 Å². The van der Waals surface area contributed by atoms with Crippen LogP contribution < -0.4 is 5.32 Å². The van der Waals surface area contributed by atoms with Crippen LogP contribution in [0.1, 0.15) is 24.0 Å². The van der Waals surface area contributed by atoms with Gasteiger partial charge in [-0.15, -0.1) is 0 Å². The van der Waals surface area contributed by atoms with Gasteiger partial charge in [-0.3, -0.25) is 4.79 Å². The number of hydrogen-bond acceptors (Lipinski definition) is 2. The lowest BCUT2D eigenvalue weighted by atomic mass is 10.1. The first-order valence-electron chi connectivity index (χ1n) is 8.38. The largest absolute Gasteiger partial charge is 0.356 e. The third-order valence-electron chi connectivity index (χ3n) is 3.91. The second-order valence-corrected chi connectivity index (χ2v) is 6.02. The zero-order valence-corrected chi connectivity index (χ0v) is 14.2. The number of nitrogens with zero attached hydrogens (tertiary/aromatic N) is 1. The van der Waals surface area contributed by atoms with E-state index in [2.05, 4.69) is 29.4 Å². The van der Waals surface area contributed by atoms with E-state index >= 15 is 0 Å². The van der Waals surface area contributed by atoms with Gasteiger partial charge in [0, 0.05) is 19.5 Å². The smallest absolute Gasteiger partial charge is 0.220 e. The molecule has 3 nitrogen and oxygen atoms in total. The first-order valence-corrected chi connectivity index (χ1v) is 8.38. The molecule has 1 N–H and O–H groups in total. The van der Waals surface area contributed by atoms with E-state index in [-0.39, 0.29) is 11.7 Å². The Morgan fingerprint density at radius 2 is 1.79 bits per heavy atom. The Labute approximate surface area is 143 Å². The number of carbonyl (C=O) groups is 1. The average Bonchev–Trinajstić information content (AvgIpc) is 2.59. The molecule has 4 heteroatoms. The molecule has 0 saturated heterocycles. The van der Waals surface area contributed by atoms with Crippen molar-refractivity contribution in [3.05, 3.63) is 71.5 Å². The van der Waals surface area contributed by atoms with E-state index in [0.717, 1.165) is 19.5 Å². The second kappa shape index (κ2) is 9.83. The molecule has 0 heterocycles. The van der Waals surface area contributed by atoms with Crippen LogP contribution in [-0.2, 0) is 17.8 Å². The summed E-state index contributed by atoms with van der Waals surface area (Å²) < 4.78 is 13.5. The highest BCUT2D eigenvalue weighted by Gasteiger charge is 2.06. The van der Waals surface area contributed by atoms with Crippen molar-refractivity contribution in [1.82, 2.24) is 10.2 Å². The fraction of sp³-hybridized carbons (Fsp3) is 0.350. The SMILES string of the molecule is CN(CCCNC(=O)CCc1ccccc1F)Cc1ccccc1. The van der Waals surface area contributed by atoms with Crippen LogP contribution in [-0.4, -0.2) is 30.9 Å². The monoisotopic (exact) mass is 328 g/mol. The summed E-state index contributed by atoms with van der Waals surface area (Å²) >= 11 is 0. The highest BCUT2D eigenvalue weighted by Crippen LogP contribution is 2.08. The highest BCUT2D eigenvalue weighted by atomic mass is 19.1. The number of halogens is 1. The number of carbonyl (C=O) groups excluding carboxylic acids is 1. The Hall–Kier alpha value is -2.20. The van der Waals surface area contributed by atoms with E-state index in [1.165, 1.54) is 11.6 Å². The van der Waals surface area contributed by atoms with Gasteiger partial charge in [0.1, 0.15) is 5.82 Å². The predicted molar refractivity (Wildman–Crippen MR) is 95.1 cm³/mol. The zero-order valence-electron chi connectivity index (χ0n) is 14.2. The normalized spacial score (nSPS) is 10.8. The van der Waals surface area contributed by atoms with Crippen LogP contribution in [0.3, 0.4) is 0 Å². The Bertz CT molecular complexity index is 631. The van der Waals surface area contributed by atoms with Crippen LogP contribution in [0.2, 0.25) is 0 Å². The van der Waals surface area contributed by atoms with Gasteiger partial charge in [-0.2, -0.15) is 0 Å².